The third kappa shape index (κ3) is 24.7. The molecule has 0 heterocycles. The third-order valence-corrected chi connectivity index (χ3v) is 1.57. The first-order chi connectivity index (χ1) is 7.33. The summed E-state index contributed by atoms with van der Waals surface area (Å²) < 4.78 is 4.90. The minimum Gasteiger partial charge on any atom is -0.394 e. The molecule has 1 aliphatic carbocycles. The molecule has 2 N–H and O–H groups in total. The highest BCUT2D eigenvalue weighted by atomic mass is 16.5. The Morgan fingerprint density at radius 1 is 0.867 bits per heavy atom. The van der Waals surface area contributed by atoms with Crippen molar-refractivity contribution in [3.8, 4) is 0 Å². The lowest BCUT2D eigenvalue weighted by Crippen LogP contribution is -1.87. The Morgan fingerprint density at radius 2 is 1.20 bits per heavy atom. The van der Waals surface area contributed by atoms with Gasteiger partial charge in [-0.05, 0) is 0 Å². The number of hydrogen-bond acceptors (Lipinski definition) is 3. The first-order valence-corrected chi connectivity index (χ1v) is 5.34. The lowest BCUT2D eigenvalue weighted by atomic mass is 10.0. The minimum absolute atomic E-state index is 0.125. The molecule has 0 aromatic carbocycles. The normalized spacial score (nSPS) is 12.1. The van der Waals surface area contributed by atoms with Crippen LogP contribution in [0.1, 0.15) is 25.7 Å². The molecule has 1 aliphatic rings. The van der Waals surface area contributed by atoms with E-state index in [1.54, 1.807) is 12.2 Å². The molecule has 0 amide bonds. The van der Waals surface area contributed by atoms with E-state index in [9.17, 15) is 0 Å². The lowest BCUT2D eigenvalue weighted by molar-refractivity contribution is 0.186. The molecule has 0 atom stereocenters. The Bertz CT molecular complexity index is 106. The van der Waals surface area contributed by atoms with Crippen molar-refractivity contribution < 1.29 is 14.9 Å². The van der Waals surface area contributed by atoms with Gasteiger partial charge in [-0.15, -0.1) is 13.2 Å². The predicted molar refractivity (Wildman–Crippen MR) is 63.9 cm³/mol. The Morgan fingerprint density at radius 3 is 1.33 bits per heavy atom. The summed E-state index contributed by atoms with van der Waals surface area (Å²) in [6, 6.07) is 0. The summed E-state index contributed by atoms with van der Waals surface area (Å²) in [6.07, 6.45) is 9.42. The largest absolute Gasteiger partial charge is 0.394 e. The molecule has 90 valence electrons. The van der Waals surface area contributed by atoms with Crippen LogP contribution in [0, 0.1) is 0 Å². The standard InChI is InChI=1S/C6H10O.C4H8.C2H6O2/c1-3-5-7-6-4-2;1-2-4-3-1;3-1-2-4/h3-4H,1-2,5-6H2;1-4H2;3-4H,1-2H2. The van der Waals surface area contributed by atoms with Crippen LogP contribution in [-0.2, 0) is 4.74 Å². The third-order valence-electron chi connectivity index (χ3n) is 1.57. The van der Waals surface area contributed by atoms with Gasteiger partial charge in [-0.25, -0.2) is 0 Å². The van der Waals surface area contributed by atoms with E-state index in [4.69, 9.17) is 14.9 Å². The van der Waals surface area contributed by atoms with Crippen molar-refractivity contribution in [2.45, 2.75) is 25.7 Å². The van der Waals surface area contributed by atoms with Gasteiger partial charge in [0, 0.05) is 0 Å². The summed E-state index contributed by atoms with van der Waals surface area (Å²) in [7, 11) is 0. The van der Waals surface area contributed by atoms with Crippen molar-refractivity contribution in [2.75, 3.05) is 26.4 Å². The van der Waals surface area contributed by atoms with E-state index < -0.39 is 0 Å². The molecule has 1 fully saturated rings. The van der Waals surface area contributed by atoms with E-state index in [1.165, 1.54) is 25.7 Å². The van der Waals surface area contributed by atoms with Gasteiger partial charge in [0.05, 0.1) is 26.4 Å². The summed E-state index contributed by atoms with van der Waals surface area (Å²) in [4.78, 5) is 0. The zero-order valence-corrected chi connectivity index (χ0v) is 9.53. The fourth-order valence-electron chi connectivity index (χ4n) is 0.485. The fraction of sp³-hybridized carbons (Fsp3) is 0.667. The second-order valence-electron chi connectivity index (χ2n) is 2.98. The number of hydrogen-bond donors (Lipinski definition) is 2. The molecule has 0 aromatic heterocycles. The van der Waals surface area contributed by atoms with Crippen LogP contribution in [0.4, 0.5) is 0 Å². The number of ether oxygens (including phenoxy) is 1. The Hall–Kier alpha value is -0.640. The van der Waals surface area contributed by atoms with Gasteiger partial charge < -0.3 is 14.9 Å². The monoisotopic (exact) mass is 216 g/mol. The van der Waals surface area contributed by atoms with Crippen LogP contribution in [0.5, 0.6) is 0 Å². The molecule has 1 rings (SSSR count). The molecule has 0 aliphatic heterocycles. The van der Waals surface area contributed by atoms with Gasteiger partial charge in [-0.3, -0.25) is 0 Å². The van der Waals surface area contributed by atoms with Gasteiger partial charge in [-0.1, -0.05) is 37.8 Å². The molecule has 3 nitrogen and oxygen atoms in total. The van der Waals surface area contributed by atoms with Crippen LogP contribution in [0.3, 0.4) is 0 Å². The van der Waals surface area contributed by atoms with E-state index in [0.717, 1.165) is 0 Å². The summed E-state index contributed by atoms with van der Waals surface area (Å²) in [5.74, 6) is 0. The molecule has 0 unspecified atom stereocenters. The van der Waals surface area contributed by atoms with E-state index in [-0.39, 0.29) is 13.2 Å². The van der Waals surface area contributed by atoms with Gasteiger partial charge in [0.2, 0.25) is 0 Å². The van der Waals surface area contributed by atoms with Crippen molar-refractivity contribution in [3.63, 3.8) is 0 Å². The number of aliphatic hydroxyl groups excluding tert-OH is 2. The SMILES string of the molecule is C1CCC1.C=CCOCC=C.OCCO. The topological polar surface area (TPSA) is 49.7 Å². The maximum atomic E-state index is 7.62. The summed E-state index contributed by atoms with van der Waals surface area (Å²) in [5.41, 5.74) is 0. The van der Waals surface area contributed by atoms with Crippen LogP contribution in [0.25, 0.3) is 0 Å². The van der Waals surface area contributed by atoms with E-state index in [2.05, 4.69) is 13.2 Å². The molecule has 0 radical (unpaired) electrons. The van der Waals surface area contributed by atoms with E-state index in [1.807, 2.05) is 0 Å². The van der Waals surface area contributed by atoms with Crippen molar-refractivity contribution in [3.05, 3.63) is 25.3 Å². The summed E-state index contributed by atoms with van der Waals surface area (Å²) in [6.45, 7) is 7.93. The molecule has 15 heavy (non-hydrogen) atoms. The smallest absolute Gasteiger partial charge is 0.0662 e. The number of aliphatic hydroxyl groups is 2. The van der Waals surface area contributed by atoms with Crippen molar-refractivity contribution >= 4 is 0 Å². The zero-order chi connectivity index (χ0) is 11.8. The maximum absolute atomic E-state index is 7.62. The van der Waals surface area contributed by atoms with Crippen LogP contribution in [0.2, 0.25) is 0 Å². The van der Waals surface area contributed by atoms with Crippen LogP contribution < -0.4 is 0 Å². The van der Waals surface area contributed by atoms with E-state index in [0.29, 0.717) is 13.2 Å². The molecule has 1 saturated carbocycles. The predicted octanol–water partition coefficient (Wildman–Crippen LogP) is 1.91. The second-order valence-corrected chi connectivity index (χ2v) is 2.98. The molecule has 0 spiro atoms. The maximum Gasteiger partial charge on any atom is 0.0662 e. The molecular formula is C12H24O3. The average molecular weight is 216 g/mol. The molecule has 0 aromatic rings. The summed E-state index contributed by atoms with van der Waals surface area (Å²) >= 11 is 0. The fourth-order valence-corrected chi connectivity index (χ4v) is 0.485. The molecular weight excluding hydrogens is 192 g/mol. The van der Waals surface area contributed by atoms with E-state index >= 15 is 0 Å². The lowest BCUT2D eigenvalue weighted by Gasteiger charge is -2.05. The van der Waals surface area contributed by atoms with Gasteiger partial charge in [-0.2, -0.15) is 0 Å². The Kier molecular flexibility index (Phi) is 21.3. The quantitative estimate of drug-likeness (QED) is 0.545. The van der Waals surface area contributed by atoms with Crippen LogP contribution in [0.15, 0.2) is 25.3 Å². The first-order valence-electron chi connectivity index (χ1n) is 5.34. The minimum atomic E-state index is -0.125. The van der Waals surface area contributed by atoms with Gasteiger partial charge in [0.25, 0.3) is 0 Å². The zero-order valence-electron chi connectivity index (χ0n) is 9.53. The van der Waals surface area contributed by atoms with Gasteiger partial charge in [0.1, 0.15) is 0 Å². The van der Waals surface area contributed by atoms with Gasteiger partial charge in [0.15, 0.2) is 0 Å². The van der Waals surface area contributed by atoms with Crippen molar-refractivity contribution in [2.24, 2.45) is 0 Å². The van der Waals surface area contributed by atoms with Gasteiger partial charge >= 0.3 is 0 Å². The van der Waals surface area contributed by atoms with Crippen LogP contribution >= 0.6 is 0 Å². The molecule has 0 bridgehead atoms. The average Bonchev–Trinajstić information content (AvgIpc) is 2.17. The number of rotatable bonds is 5. The van der Waals surface area contributed by atoms with Crippen LogP contribution in [-0.4, -0.2) is 36.6 Å². The Balaban J connectivity index is 0. The first kappa shape index (κ1) is 16.8. The molecule has 3 heteroatoms. The highest BCUT2D eigenvalue weighted by Crippen LogP contribution is 2.15. The second kappa shape index (κ2) is 19.0. The summed E-state index contributed by atoms with van der Waals surface area (Å²) in [5, 5.41) is 15.2. The highest BCUT2D eigenvalue weighted by molar-refractivity contribution is 4.68. The molecule has 0 saturated heterocycles. The van der Waals surface area contributed by atoms with Crippen molar-refractivity contribution in [1.29, 1.82) is 0 Å². The Labute approximate surface area is 93.1 Å². The van der Waals surface area contributed by atoms with Crippen molar-refractivity contribution in [1.82, 2.24) is 0 Å². The highest BCUT2D eigenvalue weighted by Gasteiger charge is 1.95.